The third-order valence-corrected chi connectivity index (χ3v) is 2.29. The monoisotopic (exact) mass is 266 g/mol. The molecule has 7 nitrogen and oxygen atoms in total. The summed E-state index contributed by atoms with van der Waals surface area (Å²) in [6.07, 6.45) is -0.349. The van der Waals surface area contributed by atoms with Gasteiger partial charge in [0, 0.05) is 5.69 Å². The van der Waals surface area contributed by atoms with Crippen LogP contribution in [-0.4, -0.2) is 36.1 Å². The molecule has 0 saturated carbocycles. The van der Waals surface area contributed by atoms with Crippen molar-refractivity contribution in [2.75, 3.05) is 12.4 Å². The standard InChI is InChI=1S/C12H14N2O5/c1-19-12(18)7-3-2-4-8(5-7)14-10(15)6-9(13)11(16)17/h2-5,9H,6,13H2,1H3,(H,14,15)(H,16,17). The zero-order valence-electron chi connectivity index (χ0n) is 10.3. The average molecular weight is 266 g/mol. The minimum absolute atomic E-state index is 0.280. The number of nitrogens with two attached hydrogens (primary N) is 1. The van der Waals surface area contributed by atoms with Gasteiger partial charge >= 0.3 is 11.9 Å². The van der Waals surface area contributed by atoms with E-state index < -0.39 is 23.9 Å². The second-order valence-electron chi connectivity index (χ2n) is 3.77. The highest BCUT2D eigenvalue weighted by molar-refractivity contribution is 5.96. The Bertz CT molecular complexity index is 501. The van der Waals surface area contributed by atoms with Crippen LogP contribution in [-0.2, 0) is 14.3 Å². The van der Waals surface area contributed by atoms with E-state index in [9.17, 15) is 14.4 Å². The molecule has 0 aliphatic carbocycles. The van der Waals surface area contributed by atoms with Crippen molar-refractivity contribution in [3.8, 4) is 0 Å². The Hall–Kier alpha value is -2.41. The lowest BCUT2D eigenvalue weighted by atomic mass is 10.2. The maximum atomic E-state index is 11.5. The number of esters is 1. The number of carbonyl (C=O) groups is 3. The summed E-state index contributed by atoms with van der Waals surface area (Å²) in [5.74, 6) is -2.33. The number of benzene rings is 1. The molecule has 0 saturated heterocycles. The molecular weight excluding hydrogens is 252 g/mol. The lowest BCUT2D eigenvalue weighted by Gasteiger charge is -2.08. The number of hydrogen-bond donors (Lipinski definition) is 3. The lowest BCUT2D eigenvalue weighted by Crippen LogP contribution is -2.34. The quantitative estimate of drug-likeness (QED) is 0.656. The van der Waals surface area contributed by atoms with Gasteiger partial charge in [-0.3, -0.25) is 9.59 Å². The largest absolute Gasteiger partial charge is 0.480 e. The minimum Gasteiger partial charge on any atom is -0.480 e. The van der Waals surface area contributed by atoms with Gasteiger partial charge in [0.25, 0.3) is 0 Å². The van der Waals surface area contributed by atoms with Gasteiger partial charge < -0.3 is 20.9 Å². The fourth-order valence-corrected chi connectivity index (χ4v) is 1.34. The Labute approximate surface area is 109 Å². The molecule has 0 heterocycles. The fourth-order valence-electron chi connectivity index (χ4n) is 1.34. The van der Waals surface area contributed by atoms with E-state index in [1.807, 2.05) is 0 Å². The first-order valence-corrected chi connectivity index (χ1v) is 5.40. The zero-order chi connectivity index (χ0) is 14.4. The molecule has 1 atom stereocenters. The summed E-state index contributed by atoms with van der Waals surface area (Å²) in [6, 6.07) is 4.83. The molecule has 1 amide bonds. The van der Waals surface area contributed by atoms with E-state index in [-0.39, 0.29) is 12.0 Å². The van der Waals surface area contributed by atoms with Crippen molar-refractivity contribution in [3.63, 3.8) is 0 Å². The van der Waals surface area contributed by atoms with Gasteiger partial charge in [-0.25, -0.2) is 4.79 Å². The Kier molecular flexibility index (Phi) is 5.01. The molecular formula is C12H14N2O5. The van der Waals surface area contributed by atoms with Gasteiger partial charge in [-0.2, -0.15) is 0 Å². The van der Waals surface area contributed by atoms with Crippen LogP contribution >= 0.6 is 0 Å². The van der Waals surface area contributed by atoms with Crippen molar-refractivity contribution in [2.24, 2.45) is 5.73 Å². The first kappa shape index (κ1) is 14.7. The maximum absolute atomic E-state index is 11.5. The number of aliphatic carboxylic acids is 1. The summed E-state index contributed by atoms with van der Waals surface area (Å²) in [5, 5.41) is 11.0. The summed E-state index contributed by atoms with van der Waals surface area (Å²) < 4.78 is 4.54. The molecule has 19 heavy (non-hydrogen) atoms. The zero-order valence-corrected chi connectivity index (χ0v) is 10.3. The van der Waals surface area contributed by atoms with Crippen molar-refractivity contribution in [1.29, 1.82) is 0 Å². The molecule has 0 fully saturated rings. The van der Waals surface area contributed by atoms with Crippen molar-refractivity contribution < 1.29 is 24.2 Å². The third kappa shape index (κ3) is 4.40. The van der Waals surface area contributed by atoms with E-state index in [4.69, 9.17) is 10.8 Å². The van der Waals surface area contributed by atoms with Crippen LogP contribution in [0.1, 0.15) is 16.8 Å². The number of amides is 1. The number of hydrogen-bond acceptors (Lipinski definition) is 5. The number of rotatable bonds is 5. The Morgan fingerprint density at radius 1 is 1.42 bits per heavy atom. The summed E-state index contributed by atoms with van der Waals surface area (Å²) in [4.78, 5) is 33.3. The minimum atomic E-state index is -1.26. The van der Waals surface area contributed by atoms with Crippen LogP contribution in [0, 0.1) is 0 Å². The van der Waals surface area contributed by atoms with E-state index in [1.165, 1.54) is 19.2 Å². The predicted molar refractivity (Wildman–Crippen MR) is 66.6 cm³/mol. The normalized spacial score (nSPS) is 11.5. The molecule has 0 aromatic heterocycles. The molecule has 1 aromatic carbocycles. The van der Waals surface area contributed by atoms with Crippen LogP contribution in [0.15, 0.2) is 24.3 Å². The van der Waals surface area contributed by atoms with Crippen molar-refractivity contribution in [1.82, 2.24) is 0 Å². The molecule has 0 radical (unpaired) electrons. The van der Waals surface area contributed by atoms with Crippen LogP contribution < -0.4 is 11.1 Å². The molecule has 1 rings (SSSR count). The topological polar surface area (TPSA) is 119 Å². The van der Waals surface area contributed by atoms with Crippen molar-refractivity contribution in [3.05, 3.63) is 29.8 Å². The number of methoxy groups -OCH3 is 1. The fraction of sp³-hybridized carbons (Fsp3) is 0.250. The van der Waals surface area contributed by atoms with E-state index in [0.717, 1.165) is 0 Å². The van der Waals surface area contributed by atoms with Crippen LogP contribution in [0.25, 0.3) is 0 Å². The van der Waals surface area contributed by atoms with Crippen molar-refractivity contribution in [2.45, 2.75) is 12.5 Å². The van der Waals surface area contributed by atoms with Crippen LogP contribution in [0.4, 0.5) is 5.69 Å². The summed E-state index contributed by atoms with van der Waals surface area (Å²) in [5.41, 5.74) is 5.88. The van der Waals surface area contributed by atoms with Gasteiger partial charge in [0.15, 0.2) is 0 Å². The molecule has 1 aromatic rings. The van der Waals surface area contributed by atoms with Gasteiger partial charge in [-0.05, 0) is 18.2 Å². The van der Waals surface area contributed by atoms with E-state index in [1.54, 1.807) is 12.1 Å². The highest BCUT2D eigenvalue weighted by Gasteiger charge is 2.16. The SMILES string of the molecule is COC(=O)c1cccc(NC(=O)CC(N)C(=O)O)c1. The Morgan fingerprint density at radius 2 is 2.11 bits per heavy atom. The van der Waals surface area contributed by atoms with Gasteiger partial charge in [0.05, 0.1) is 19.1 Å². The first-order chi connectivity index (χ1) is 8.93. The highest BCUT2D eigenvalue weighted by atomic mass is 16.5. The second-order valence-corrected chi connectivity index (χ2v) is 3.77. The number of carboxylic acids is 1. The smallest absolute Gasteiger partial charge is 0.337 e. The predicted octanol–water partition coefficient (Wildman–Crippen LogP) is 0.214. The van der Waals surface area contributed by atoms with Crippen LogP contribution in [0.3, 0.4) is 0 Å². The van der Waals surface area contributed by atoms with Crippen molar-refractivity contribution >= 4 is 23.5 Å². The molecule has 7 heteroatoms. The van der Waals surface area contributed by atoms with Gasteiger partial charge in [0.1, 0.15) is 6.04 Å². The van der Waals surface area contributed by atoms with Gasteiger partial charge in [-0.15, -0.1) is 0 Å². The number of anilines is 1. The molecule has 4 N–H and O–H groups in total. The number of ether oxygens (including phenoxy) is 1. The highest BCUT2D eigenvalue weighted by Crippen LogP contribution is 2.12. The van der Waals surface area contributed by atoms with E-state index in [0.29, 0.717) is 5.69 Å². The van der Waals surface area contributed by atoms with Crippen LogP contribution in [0.5, 0.6) is 0 Å². The second kappa shape index (κ2) is 6.50. The summed E-state index contributed by atoms with van der Waals surface area (Å²) in [7, 11) is 1.25. The molecule has 0 aliphatic rings. The third-order valence-electron chi connectivity index (χ3n) is 2.29. The molecule has 0 spiro atoms. The Morgan fingerprint density at radius 3 is 2.68 bits per heavy atom. The number of carboxylic acid groups (broad SMARTS) is 1. The van der Waals surface area contributed by atoms with Gasteiger partial charge in [-0.1, -0.05) is 6.07 Å². The lowest BCUT2D eigenvalue weighted by molar-refractivity contribution is -0.140. The van der Waals surface area contributed by atoms with E-state index in [2.05, 4.69) is 10.1 Å². The molecule has 0 bridgehead atoms. The van der Waals surface area contributed by atoms with Gasteiger partial charge in [0.2, 0.25) is 5.91 Å². The van der Waals surface area contributed by atoms with E-state index >= 15 is 0 Å². The molecule has 1 unspecified atom stereocenters. The first-order valence-electron chi connectivity index (χ1n) is 5.40. The number of carbonyl (C=O) groups excluding carboxylic acids is 2. The summed E-state index contributed by atoms with van der Waals surface area (Å²) in [6.45, 7) is 0. The Balaban J connectivity index is 2.69. The van der Waals surface area contributed by atoms with Crippen LogP contribution in [0.2, 0.25) is 0 Å². The molecule has 102 valence electrons. The molecule has 0 aliphatic heterocycles. The average Bonchev–Trinajstić information content (AvgIpc) is 2.37. The number of nitrogens with one attached hydrogen (secondary N) is 1. The maximum Gasteiger partial charge on any atom is 0.337 e. The summed E-state index contributed by atoms with van der Waals surface area (Å²) >= 11 is 0.